The van der Waals surface area contributed by atoms with Crippen LogP contribution >= 0.6 is 0 Å². The van der Waals surface area contributed by atoms with Gasteiger partial charge < -0.3 is 0 Å². The summed E-state index contributed by atoms with van der Waals surface area (Å²) < 4.78 is 0. The average molecular weight is 183 g/mol. The Bertz CT molecular complexity index is 341. The zero-order valence-electron chi connectivity index (χ0n) is 8.11. The van der Waals surface area contributed by atoms with Gasteiger partial charge in [-0.2, -0.15) is 5.26 Å². The van der Waals surface area contributed by atoms with Crippen molar-refractivity contribution in [3.63, 3.8) is 0 Å². The van der Waals surface area contributed by atoms with Crippen molar-refractivity contribution in [3.05, 3.63) is 67.3 Å². The molecule has 0 N–H and O–H groups in total. The molecule has 1 aromatic rings. The highest BCUT2D eigenvalue weighted by molar-refractivity contribution is 5.45. The molecule has 1 heteroatoms. The van der Waals surface area contributed by atoms with E-state index in [1.54, 1.807) is 6.07 Å². The van der Waals surface area contributed by atoms with E-state index in [0.717, 1.165) is 0 Å². The molecule has 0 spiro atoms. The summed E-state index contributed by atoms with van der Waals surface area (Å²) >= 11 is 0. The van der Waals surface area contributed by atoms with Gasteiger partial charge in [0.15, 0.2) is 0 Å². The van der Waals surface area contributed by atoms with Crippen LogP contribution in [0.15, 0.2) is 61.7 Å². The molecule has 1 nitrogen and oxygen atoms in total. The molecule has 0 aliphatic rings. The molecule has 0 aliphatic carbocycles. The Labute approximate surface area is 85.3 Å². The molecule has 0 fully saturated rings. The third kappa shape index (κ3) is 5.56. The molecule has 0 atom stereocenters. The van der Waals surface area contributed by atoms with E-state index in [4.69, 9.17) is 5.26 Å². The maximum atomic E-state index is 7.91. The zero-order chi connectivity index (χ0) is 10.8. The predicted molar refractivity (Wildman–Crippen MR) is 61.5 cm³/mol. The van der Waals surface area contributed by atoms with Crippen molar-refractivity contribution in [2.75, 3.05) is 0 Å². The van der Waals surface area contributed by atoms with E-state index in [1.807, 2.05) is 36.4 Å². The summed E-state index contributed by atoms with van der Waals surface area (Å²) in [5.41, 5.74) is 1.59. The SMILES string of the molecule is C=CC(=C)C#N.C=Cc1ccccc1. The Morgan fingerprint density at radius 3 is 2.00 bits per heavy atom. The zero-order valence-corrected chi connectivity index (χ0v) is 8.11. The molecule has 0 aromatic heterocycles. The fourth-order valence-corrected chi connectivity index (χ4v) is 0.635. The molecule has 0 saturated carbocycles. The minimum absolute atomic E-state index is 0.412. The van der Waals surface area contributed by atoms with E-state index in [9.17, 15) is 0 Å². The van der Waals surface area contributed by atoms with Crippen LogP contribution in [-0.4, -0.2) is 0 Å². The number of hydrogen-bond acceptors (Lipinski definition) is 1. The van der Waals surface area contributed by atoms with E-state index in [-0.39, 0.29) is 0 Å². The van der Waals surface area contributed by atoms with Gasteiger partial charge in [0.05, 0.1) is 6.07 Å². The first-order chi connectivity index (χ1) is 6.74. The van der Waals surface area contributed by atoms with Crippen molar-refractivity contribution in [3.8, 4) is 6.07 Å². The molecule has 70 valence electrons. The topological polar surface area (TPSA) is 23.8 Å². The maximum Gasteiger partial charge on any atom is 0.0985 e. The van der Waals surface area contributed by atoms with Crippen molar-refractivity contribution in [2.45, 2.75) is 0 Å². The molecule has 0 aliphatic heterocycles. The van der Waals surface area contributed by atoms with Crippen molar-refractivity contribution in [1.29, 1.82) is 5.26 Å². The molecule has 0 heterocycles. The molecule has 0 radical (unpaired) electrons. The van der Waals surface area contributed by atoms with Gasteiger partial charge in [-0.05, 0) is 5.56 Å². The van der Waals surface area contributed by atoms with Gasteiger partial charge in [-0.25, -0.2) is 0 Å². The van der Waals surface area contributed by atoms with E-state index in [1.165, 1.54) is 11.6 Å². The second kappa shape index (κ2) is 7.57. The first-order valence-electron chi connectivity index (χ1n) is 4.13. The minimum atomic E-state index is 0.412. The Morgan fingerprint density at radius 2 is 1.79 bits per heavy atom. The Morgan fingerprint density at radius 1 is 1.21 bits per heavy atom. The molecule has 1 rings (SSSR count). The lowest BCUT2D eigenvalue weighted by Gasteiger charge is -1.85. The largest absolute Gasteiger partial charge is 0.192 e. The number of nitriles is 1. The summed E-state index contributed by atoms with van der Waals surface area (Å²) in [6.07, 6.45) is 3.25. The molecule has 0 saturated heterocycles. The number of allylic oxidation sites excluding steroid dienone is 2. The normalized spacial score (nSPS) is 7.36. The fraction of sp³-hybridized carbons (Fsp3) is 0. The van der Waals surface area contributed by atoms with Gasteiger partial charge in [-0.3, -0.25) is 0 Å². The van der Waals surface area contributed by atoms with Crippen LogP contribution in [0.1, 0.15) is 5.56 Å². The molecule has 0 amide bonds. The van der Waals surface area contributed by atoms with E-state index in [0.29, 0.717) is 5.57 Å². The molecule has 1 aromatic carbocycles. The van der Waals surface area contributed by atoms with Crippen LogP contribution in [0.25, 0.3) is 6.08 Å². The molecule has 0 bridgehead atoms. The van der Waals surface area contributed by atoms with Crippen LogP contribution in [0.2, 0.25) is 0 Å². The summed E-state index contributed by atoms with van der Waals surface area (Å²) in [5, 5.41) is 7.91. The molecule has 0 unspecified atom stereocenters. The fourth-order valence-electron chi connectivity index (χ4n) is 0.635. The van der Waals surface area contributed by atoms with Gasteiger partial charge in [0.1, 0.15) is 0 Å². The van der Waals surface area contributed by atoms with Gasteiger partial charge in [0, 0.05) is 5.57 Å². The predicted octanol–water partition coefficient (Wildman–Crippen LogP) is 3.58. The number of nitrogens with zero attached hydrogens (tertiary/aromatic N) is 1. The van der Waals surface area contributed by atoms with Gasteiger partial charge in [0.25, 0.3) is 0 Å². The van der Waals surface area contributed by atoms with Gasteiger partial charge in [0.2, 0.25) is 0 Å². The second-order valence-electron chi connectivity index (χ2n) is 2.46. The van der Waals surface area contributed by atoms with Crippen molar-refractivity contribution < 1.29 is 0 Å². The van der Waals surface area contributed by atoms with Gasteiger partial charge in [-0.1, -0.05) is 62.2 Å². The Kier molecular flexibility index (Phi) is 6.45. The van der Waals surface area contributed by atoms with Crippen molar-refractivity contribution in [1.82, 2.24) is 0 Å². The van der Waals surface area contributed by atoms with Crippen LogP contribution in [0, 0.1) is 11.3 Å². The van der Waals surface area contributed by atoms with Crippen LogP contribution in [0.4, 0.5) is 0 Å². The van der Waals surface area contributed by atoms with E-state index >= 15 is 0 Å². The first kappa shape index (κ1) is 11.9. The van der Waals surface area contributed by atoms with E-state index in [2.05, 4.69) is 19.7 Å². The van der Waals surface area contributed by atoms with E-state index < -0.39 is 0 Å². The first-order valence-corrected chi connectivity index (χ1v) is 4.13. The standard InChI is InChI=1S/C8H8.C5H5N/c1-2-8-6-4-3-5-7-8;1-3-5(2)4-6/h2-7H,1H2;3H,1-2H2. The minimum Gasteiger partial charge on any atom is -0.192 e. The number of benzene rings is 1. The summed E-state index contributed by atoms with van der Waals surface area (Å²) in [7, 11) is 0. The highest BCUT2D eigenvalue weighted by Gasteiger charge is 1.75. The lowest BCUT2D eigenvalue weighted by molar-refractivity contribution is 1.51. The third-order valence-electron chi connectivity index (χ3n) is 1.43. The number of rotatable bonds is 2. The maximum absolute atomic E-state index is 7.91. The smallest absolute Gasteiger partial charge is 0.0985 e. The average Bonchev–Trinajstić information content (AvgIpc) is 2.30. The van der Waals surface area contributed by atoms with Crippen LogP contribution in [0.3, 0.4) is 0 Å². The second-order valence-corrected chi connectivity index (χ2v) is 2.46. The van der Waals surface area contributed by atoms with Crippen LogP contribution < -0.4 is 0 Å². The third-order valence-corrected chi connectivity index (χ3v) is 1.43. The summed E-state index contributed by atoms with van der Waals surface area (Å²) in [4.78, 5) is 0. The monoisotopic (exact) mass is 183 g/mol. The van der Waals surface area contributed by atoms with Crippen molar-refractivity contribution >= 4 is 6.08 Å². The summed E-state index contributed by atoms with van der Waals surface area (Å²) in [5.74, 6) is 0. The molecular weight excluding hydrogens is 170 g/mol. The highest BCUT2D eigenvalue weighted by Crippen LogP contribution is 1.97. The Hall–Kier alpha value is -2.07. The quantitative estimate of drug-likeness (QED) is 0.508. The molecular formula is C13H13N. The molecule has 14 heavy (non-hydrogen) atoms. The number of hydrogen-bond donors (Lipinski definition) is 0. The Balaban J connectivity index is 0.000000255. The lowest BCUT2D eigenvalue weighted by atomic mass is 10.2. The van der Waals surface area contributed by atoms with Crippen molar-refractivity contribution in [2.24, 2.45) is 0 Å². The van der Waals surface area contributed by atoms with Gasteiger partial charge >= 0.3 is 0 Å². The van der Waals surface area contributed by atoms with Gasteiger partial charge in [-0.15, -0.1) is 0 Å². The summed E-state index contributed by atoms with van der Waals surface area (Å²) in [6.45, 7) is 10.3. The van der Waals surface area contributed by atoms with Crippen LogP contribution in [-0.2, 0) is 0 Å². The highest BCUT2D eigenvalue weighted by atomic mass is 14.2. The lowest BCUT2D eigenvalue weighted by Crippen LogP contribution is -1.63. The van der Waals surface area contributed by atoms with Crippen LogP contribution in [0.5, 0.6) is 0 Å². The summed E-state index contributed by atoms with van der Waals surface area (Å²) in [6, 6.07) is 11.8.